The van der Waals surface area contributed by atoms with Crippen LogP contribution in [0.3, 0.4) is 0 Å². The predicted molar refractivity (Wildman–Crippen MR) is 69.3 cm³/mol. The number of benzene rings is 1. The molecule has 1 aliphatic carbocycles. The lowest BCUT2D eigenvalue weighted by molar-refractivity contribution is 0.0328. The Balaban J connectivity index is 1.97. The van der Waals surface area contributed by atoms with Gasteiger partial charge in [-0.3, -0.25) is 0 Å². The fourth-order valence-corrected chi connectivity index (χ4v) is 2.43. The summed E-state index contributed by atoms with van der Waals surface area (Å²) in [5, 5.41) is 3.49. The van der Waals surface area contributed by atoms with E-state index in [0.717, 1.165) is 27.5 Å². The Kier molecular flexibility index (Phi) is 3.69. The van der Waals surface area contributed by atoms with E-state index in [4.69, 9.17) is 4.74 Å². The van der Waals surface area contributed by atoms with Gasteiger partial charge in [0, 0.05) is 27.8 Å². The molecule has 0 amide bonds. The molecule has 82 valence electrons. The van der Waals surface area contributed by atoms with Crippen LogP contribution in [-0.2, 0) is 4.74 Å². The van der Waals surface area contributed by atoms with Crippen LogP contribution in [0.15, 0.2) is 27.1 Å². The monoisotopic (exact) mass is 333 g/mol. The number of anilines is 1. The zero-order valence-corrected chi connectivity index (χ0v) is 11.6. The minimum Gasteiger partial charge on any atom is -0.381 e. The number of methoxy groups -OCH3 is 1. The standard InChI is InChI=1S/C11H13Br2NO/c1-15-9-5-8(6-9)14-11-4-7(12)2-3-10(11)13/h2-4,8-9,14H,5-6H2,1H3. The Hall–Kier alpha value is -0.0600. The van der Waals surface area contributed by atoms with Gasteiger partial charge in [-0.2, -0.15) is 0 Å². The van der Waals surface area contributed by atoms with E-state index in [9.17, 15) is 0 Å². The molecular formula is C11H13Br2NO. The predicted octanol–water partition coefficient (Wildman–Crippen LogP) is 3.80. The van der Waals surface area contributed by atoms with Gasteiger partial charge in [0.1, 0.15) is 0 Å². The van der Waals surface area contributed by atoms with Crippen LogP contribution in [0, 0.1) is 0 Å². The van der Waals surface area contributed by atoms with E-state index in [1.54, 1.807) is 7.11 Å². The maximum atomic E-state index is 5.25. The van der Waals surface area contributed by atoms with Gasteiger partial charge >= 0.3 is 0 Å². The molecule has 0 atom stereocenters. The van der Waals surface area contributed by atoms with Crippen molar-refractivity contribution in [2.24, 2.45) is 0 Å². The van der Waals surface area contributed by atoms with Crippen molar-refractivity contribution in [1.82, 2.24) is 0 Å². The van der Waals surface area contributed by atoms with Crippen molar-refractivity contribution >= 4 is 37.5 Å². The summed E-state index contributed by atoms with van der Waals surface area (Å²) in [4.78, 5) is 0. The second-order valence-corrected chi connectivity index (χ2v) is 5.56. The lowest BCUT2D eigenvalue weighted by atomic mass is 9.89. The molecule has 1 N–H and O–H groups in total. The highest BCUT2D eigenvalue weighted by atomic mass is 79.9. The highest BCUT2D eigenvalue weighted by Gasteiger charge is 2.29. The van der Waals surface area contributed by atoms with Crippen LogP contribution in [0.5, 0.6) is 0 Å². The summed E-state index contributed by atoms with van der Waals surface area (Å²) in [6.07, 6.45) is 2.62. The smallest absolute Gasteiger partial charge is 0.0610 e. The summed E-state index contributed by atoms with van der Waals surface area (Å²) in [5.74, 6) is 0. The van der Waals surface area contributed by atoms with Crippen molar-refractivity contribution in [2.75, 3.05) is 12.4 Å². The van der Waals surface area contributed by atoms with Crippen LogP contribution in [0.4, 0.5) is 5.69 Å². The number of nitrogens with one attached hydrogen (secondary N) is 1. The molecule has 0 radical (unpaired) electrons. The Bertz CT molecular complexity index is 350. The molecule has 0 unspecified atom stereocenters. The van der Waals surface area contributed by atoms with Crippen LogP contribution < -0.4 is 5.32 Å². The quantitative estimate of drug-likeness (QED) is 0.907. The SMILES string of the molecule is COC1CC(Nc2cc(Br)ccc2Br)C1. The van der Waals surface area contributed by atoms with Crippen molar-refractivity contribution in [3.8, 4) is 0 Å². The molecule has 0 saturated heterocycles. The number of ether oxygens (including phenoxy) is 1. The van der Waals surface area contributed by atoms with Crippen molar-refractivity contribution < 1.29 is 4.74 Å². The molecule has 0 spiro atoms. The second kappa shape index (κ2) is 4.85. The molecule has 0 heterocycles. The summed E-state index contributed by atoms with van der Waals surface area (Å²) < 4.78 is 7.44. The number of hydrogen-bond donors (Lipinski definition) is 1. The van der Waals surface area contributed by atoms with E-state index >= 15 is 0 Å². The Labute approximate surface area is 107 Å². The first-order valence-corrected chi connectivity index (χ1v) is 6.52. The molecular weight excluding hydrogens is 322 g/mol. The van der Waals surface area contributed by atoms with Crippen LogP contribution in [0.1, 0.15) is 12.8 Å². The minimum absolute atomic E-state index is 0.438. The summed E-state index contributed by atoms with van der Waals surface area (Å²) in [7, 11) is 1.77. The molecule has 1 saturated carbocycles. The van der Waals surface area contributed by atoms with Crippen LogP contribution in [0.2, 0.25) is 0 Å². The first-order chi connectivity index (χ1) is 7.19. The van der Waals surface area contributed by atoms with E-state index in [1.165, 1.54) is 0 Å². The van der Waals surface area contributed by atoms with Gasteiger partial charge in [-0.1, -0.05) is 15.9 Å². The molecule has 2 nitrogen and oxygen atoms in total. The van der Waals surface area contributed by atoms with Crippen molar-refractivity contribution in [3.63, 3.8) is 0 Å². The lowest BCUT2D eigenvalue weighted by Gasteiger charge is -2.35. The van der Waals surface area contributed by atoms with Crippen molar-refractivity contribution in [1.29, 1.82) is 0 Å². The normalized spacial score (nSPS) is 24.7. The molecule has 4 heteroatoms. The molecule has 0 aliphatic heterocycles. The molecule has 1 aliphatic rings. The first kappa shape index (κ1) is 11.4. The van der Waals surface area contributed by atoms with Gasteiger partial charge in [0.05, 0.1) is 6.10 Å². The minimum atomic E-state index is 0.438. The first-order valence-electron chi connectivity index (χ1n) is 4.93. The van der Waals surface area contributed by atoms with Gasteiger partial charge in [0.25, 0.3) is 0 Å². The fourth-order valence-electron chi connectivity index (χ4n) is 1.70. The van der Waals surface area contributed by atoms with Gasteiger partial charge in [0.15, 0.2) is 0 Å². The summed E-state index contributed by atoms with van der Waals surface area (Å²) in [6.45, 7) is 0. The molecule has 1 fully saturated rings. The highest BCUT2D eigenvalue weighted by molar-refractivity contribution is 9.11. The molecule has 0 aromatic heterocycles. The van der Waals surface area contributed by atoms with Gasteiger partial charge < -0.3 is 10.1 Å². The molecule has 1 aromatic rings. The zero-order chi connectivity index (χ0) is 10.8. The number of rotatable bonds is 3. The number of hydrogen-bond acceptors (Lipinski definition) is 2. The highest BCUT2D eigenvalue weighted by Crippen LogP contribution is 2.31. The third-order valence-corrected chi connectivity index (χ3v) is 3.90. The van der Waals surface area contributed by atoms with E-state index in [1.807, 2.05) is 12.1 Å². The topological polar surface area (TPSA) is 21.3 Å². The van der Waals surface area contributed by atoms with E-state index in [-0.39, 0.29) is 0 Å². The van der Waals surface area contributed by atoms with Gasteiger partial charge in [-0.15, -0.1) is 0 Å². The molecule has 15 heavy (non-hydrogen) atoms. The van der Waals surface area contributed by atoms with Crippen molar-refractivity contribution in [3.05, 3.63) is 27.1 Å². The molecule has 2 rings (SSSR count). The van der Waals surface area contributed by atoms with Gasteiger partial charge in [-0.25, -0.2) is 0 Å². The van der Waals surface area contributed by atoms with Crippen molar-refractivity contribution in [2.45, 2.75) is 25.0 Å². The van der Waals surface area contributed by atoms with E-state index in [0.29, 0.717) is 12.1 Å². The summed E-state index contributed by atoms with van der Waals surface area (Å²) in [5.41, 5.74) is 1.14. The fraction of sp³-hybridized carbons (Fsp3) is 0.455. The average molecular weight is 335 g/mol. The Morgan fingerprint density at radius 2 is 2.07 bits per heavy atom. The second-order valence-electron chi connectivity index (χ2n) is 3.79. The van der Waals surface area contributed by atoms with Gasteiger partial charge in [-0.05, 0) is 47.0 Å². The zero-order valence-electron chi connectivity index (χ0n) is 8.47. The van der Waals surface area contributed by atoms with Gasteiger partial charge in [0.2, 0.25) is 0 Å². The maximum absolute atomic E-state index is 5.25. The third kappa shape index (κ3) is 2.74. The Morgan fingerprint density at radius 1 is 1.33 bits per heavy atom. The van der Waals surface area contributed by atoms with E-state index in [2.05, 4.69) is 43.2 Å². The maximum Gasteiger partial charge on any atom is 0.0610 e. The third-order valence-electron chi connectivity index (χ3n) is 2.72. The molecule has 1 aromatic carbocycles. The molecule has 0 bridgehead atoms. The van der Waals surface area contributed by atoms with Crippen LogP contribution in [0.25, 0.3) is 0 Å². The average Bonchev–Trinajstić information content (AvgIpc) is 2.16. The summed E-state index contributed by atoms with van der Waals surface area (Å²) >= 11 is 7.00. The summed E-state index contributed by atoms with van der Waals surface area (Å²) in [6, 6.07) is 6.69. The largest absolute Gasteiger partial charge is 0.381 e. The van der Waals surface area contributed by atoms with Crippen LogP contribution >= 0.6 is 31.9 Å². The van der Waals surface area contributed by atoms with Crippen LogP contribution in [-0.4, -0.2) is 19.3 Å². The van der Waals surface area contributed by atoms with E-state index < -0.39 is 0 Å². The lowest BCUT2D eigenvalue weighted by Crippen LogP contribution is -2.40. The number of halogens is 2. The Morgan fingerprint density at radius 3 is 2.73 bits per heavy atom.